The molecular formula is C101H144O22S9. The minimum absolute atomic E-state index is 0.231. The van der Waals surface area contributed by atoms with E-state index in [9.17, 15) is 43.2 Å². The lowest BCUT2D eigenvalue weighted by atomic mass is 10.2. The number of esters is 9. The predicted octanol–water partition coefficient (Wildman–Crippen LogP) is 22.8. The van der Waals surface area contributed by atoms with E-state index >= 15 is 0 Å². The molecule has 0 aliphatic rings. The quantitative estimate of drug-likeness (QED) is 0.0115. The van der Waals surface area contributed by atoms with E-state index in [4.69, 9.17) is 61.6 Å². The number of carbonyl (C=O) groups is 9. The van der Waals surface area contributed by atoms with Gasteiger partial charge < -0.3 is 61.6 Å². The minimum Gasteiger partial charge on any atom is -0.490 e. The van der Waals surface area contributed by atoms with Crippen molar-refractivity contribution in [2.75, 3.05) is 176 Å². The third-order valence-electron chi connectivity index (χ3n) is 15.0. The summed E-state index contributed by atoms with van der Waals surface area (Å²) in [5.41, 5.74) is 0. The lowest BCUT2D eigenvalue weighted by molar-refractivity contribution is -0.140. The molecule has 0 bridgehead atoms. The summed E-state index contributed by atoms with van der Waals surface area (Å²) in [4.78, 5) is 102. The molecule has 5 aromatic carbocycles. The van der Waals surface area contributed by atoms with Crippen LogP contribution in [-0.4, -0.2) is 235 Å². The fraction of sp³-hybridized carbons (Fsp3) is 0.436. The van der Waals surface area contributed by atoms with E-state index in [1.807, 2.05) is 162 Å². The van der Waals surface area contributed by atoms with Crippen LogP contribution in [-0.2, 0) is 100.0 Å². The third-order valence-corrected chi connectivity index (χ3v) is 24.1. The first kappa shape index (κ1) is 130. The van der Waals surface area contributed by atoms with Crippen LogP contribution < -0.4 is 4.74 Å². The van der Waals surface area contributed by atoms with E-state index in [1.165, 1.54) is 105 Å². The van der Waals surface area contributed by atoms with Gasteiger partial charge in [0.2, 0.25) is 0 Å². The zero-order chi connectivity index (χ0) is 98.3. The molecule has 0 spiro atoms. The van der Waals surface area contributed by atoms with Crippen molar-refractivity contribution in [3.8, 4) is 5.75 Å². The van der Waals surface area contributed by atoms with Gasteiger partial charge in [-0.15, -0.1) is 58.8 Å². The first-order valence-corrected chi connectivity index (χ1v) is 53.3. The molecule has 0 fully saturated rings. The molecule has 0 aromatic heterocycles. The smallest absolute Gasteiger partial charge is 0.330 e. The van der Waals surface area contributed by atoms with Crippen LogP contribution in [0.5, 0.6) is 5.75 Å². The van der Waals surface area contributed by atoms with Gasteiger partial charge in [-0.1, -0.05) is 179 Å². The molecular weight excluding hydrogens is 1850 g/mol. The van der Waals surface area contributed by atoms with Gasteiger partial charge in [-0.25, -0.2) is 43.2 Å². The first-order chi connectivity index (χ1) is 64.2. The topological polar surface area (TPSA) is 274 Å². The Labute approximate surface area is 826 Å². The van der Waals surface area contributed by atoms with Crippen LogP contribution in [0.25, 0.3) is 0 Å². The second-order valence-corrected chi connectivity index (χ2v) is 35.9. The Morgan fingerprint density at radius 3 is 0.917 bits per heavy atom. The first-order valence-electron chi connectivity index (χ1n) is 43.3. The highest BCUT2D eigenvalue weighted by atomic mass is 32.2. The molecule has 5 rings (SSSR count). The van der Waals surface area contributed by atoms with E-state index in [0.29, 0.717) is 91.1 Å². The maximum Gasteiger partial charge on any atom is 0.330 e. The summed E-state index contributed by atoms with van der Waals surface area (Å²) in [7, 11) is 0. The van der Waals surface area contributed by atoms with E-state index < -0.39 is 17.9 Å². The van der Waals surface area contributed by atoms with Crippen LogP contribution in [0.1, 0.15) is 98.3 Å². The normalized spacial score (nSPS) is 9.92. The Morgan fingerprint density at radius 2 is 0.561 bits per heavy atom. The van der Waals surface area contributed by atoms with Gasteiger partial charge in [0.25, 0.3) is 0 Å². The molecule has 31 heteroatoms. The molecule has 0 heterocycles. The predicted molar refractivity (Wildman–Crippen MR) is 558 cm³/mol. The van der Waals surface area contributed by atoms with Gasteiger partial charge in [0.1, 0.15) is 45.4 Å². The van der Waals surface area contributed by atoms with Gasteiger partial charge >= 0.3 is 53.7 Å². The van der Waals surface area contributed by atoms with Crippen molar-refractivity contribution in [3.05, 3.63) is 259 Å². The summed E-state index contributed by atoms with van der Waals surface area (Å²) in [6.45, 7) is 45.7. The zero-order valence-electron chi connectivity index (χ0n) is 78.3. The maximum absolute atomic E-state index is 10.7. The number of carbonyl (C=O) groups excluding carboxylic acids is 9. The molecule has 0 aliphatic heterocycles. The Morgan fingerprint density at radius 1 is 0.265 bits per heavy atom. The summed E-state index contributed by atoms with van der Waals surface area (Å²) in [5, 5.41) is 0.614. The second kappa shape index (κ2) is 105. The molecule has 1 atom stereocenters. The summed E-state index contributed by atoms with van der Waals surface area (Å²) in [5.74, 6) is 7.67. The molecule has 22 nitrogen and oxygen atoms in total. The number of ether oxygens (including phenoxy) is 13. The molecule has 0 aliphatic carbocycles. The van der Waals surface area contributed by atoms with E-state index in [-0.39, 0.29) is 55.6 Å². The highest BCUT2D eigenvalue weighted by Crippen LogP contribution is 2.22. The minimum atomic E-state index is -0.429. The van der Waals surface area contributed by atoms with E-state index in [2.05, 4.69) is 130 Å². The fourth-order valence-electron chi connectivity index (χ4n) is 8.41. The van der Waals surface area contributed by atoms with Gasteiger partial charge in [-0.2, -0.15) is 47.0 Å². The molecule has 0 saturated carbocycles. The summed E-state index contributed by atoms with van der Waals surface area (Å²) in [6.07, 6.45) is 26.8. The number of hydrogen-bond donors (Lipinski definition) is 0. The van der Waals surface area contributed by atoms with Crippen molar-refractivity contribution in [1.29, 1.82) is 0 Å². The van der Waals surface area contributed by atoms with Crippen molar-refractivity contribution < 1.29 is 105 Å². The third kappa shape index (κ3) is 97.8. The largest absolute Gasteiger partial charge is 0.490 e. The molecule has 0 saturated heterocycles. The molecule has 0 amide bonds. The highest BCUT2D eigenvalue weighted by molar-refractivity contribution is 8.01. The number of unbranched alkanes of at least 4 members (excludes halogenated alkanes) is 3. The van der Waals surface area contributed by atoms with Crippen molar-refractivity contribution in [2.24, 2.45) is 0 Å². The van der Waals surface area contributed by atoms with Gasteiger partial charge in [0.15, 0.2) is 0 Å². The average Bonchev–Trinajstić information content (AvgIpc) is 0.858. The van der Waals surface area contributed by atoms with Crippen LogP contribution in [0, 0.1) is 0 Å². The Kier molecular flexibility index (Phi) is 103. The number of benzene rings is 5. The summed E-state index contributed by atoms with van der Waals surface area (Å²) >= 11 is 16.1. The Bertz CT molecular complexity index is 3690. The van der Waals surface area contributed by atoms with Crippen LogP contribution in [0.15, 0.2) is 284 Å². The molecule has 0 radical (unpaired) electrons. The van der Waals surface area contributed by atoms with E-state index in [1.54, 1.807) is 58.8 Å². The Hall–Kier alpha value is -8.18. The fourth-order valence-corrected chi connectivity index (χ4v) is 15.4. The van der Waals surface area contributed by atoms with Crippen molar-refractivity contribution in [2.45, 2.75) is 128 Å². The van der Waals surface area contributed by atoms with Crippen LogP contribution in [0.3, 0.4) is 0 Å². The second-order valence-electron chi connectivity index (χ2n) is 25.3. The number of hydrogen-bond acceptors (Lipinski definition) is 31. The summed E-state index contributed by atoms with van der Waals surface area (Å²) < 4.78 is 64.7. The molecule has 132 heavy (non-hydrogen) atoms. The SMILES string of the molecule is C=CC(=O)OCCC(CCC)SC.C=CC(=O)OCCCCSCC.C=CC(=O)OCCCSCCCC.C=CC(=O)OCCCSc1ccccc1.C=CC(=O)OCCOCCOCCSc1ccccc1.C=CC(=O)OCCOCCSc1ccccc1.C=CC(=O)OCCOc1ccc(SC)cc1.C=CC(=O)OCCSCCCC.C=CC(=O)OCCSc1ccccc1. The number of thioether (sulfide) groups is 9. The van der Waals surface area contributed by atoms with Crippen LogP contribution in [0.4, 0.5) is 0 Å². The average molecular weight is 2000 g/mol. The van der Waals surface area contributed by atoms with Gasteiger partial charge in [0.05, 0.1) is 66.1 Å². The van der Waals surface area contributed by atoms with Gasteiger partial charge in [-0.3, -0.25) is 0 Å². The zero-order valence-corrected chi connectivity index (χ0v) is 85.7. The van der Waals surface area contributed by atoms with Crippen LogP contribution in [0.2, 0.25) is 0 Å². The number of rotatable bonds is 65. The van der Waals surface area contributed by atoms with E-state index in [0.717, 1.165) is 108 Å². The maximum atomic E-state index is 10.7. The lowest BCUT2D eigenvalue weighted by Gasteiger charge is -2.12. The van der Waals surface area contributed by atoms with Gasteiger partial charge in [0, 0.05) is 113 Å². The molecule has 0 N–H and O–H groups in total. The van der Waals surface area contributed by atoms with Gasteiger partial charge in [-0.05, 0) is 165 Å². The monoisotopic (exact) mass is 2000 g/mol. The summed E-state index contributed by atoms with van der Waals surface area (Å²) in [6, 6.07) is 48.3. The van der Waals surface area contributed by atoms with Crippen molar-refractivity contribution in [1.82, 2.24) is 0 Å². The van der Waals surface area contributed by atoms with Crippen molar-refractivity contribution >= 4 is 160 Å². The van der Waals surface area contributed by atoms with Crippen LogP contribution >= 0.6 is 106 Å². The lowest BCUT2D eigenvalue weighted by Crippen LogP contribution is -2.12. The highest BCUT2D eigenvalue weighted by Gasteiger charge is 2.08. The standard InChI is InChI=1S/C15H20O4S.C13H16O3S.C12H14O3S.C12H14O2S.C11H12O2S.2C10H18O2S.2C9H16O2S/c1-2-15(16)19-11-10-17-8-9-18-12-13-20-14-6-4-3-5-7-14;1-2-13(14)16-9-8-15-10-11-17-12-6-4-3-5-7-12;1-3-12(13)15-9-8-14-10-4-6-11(16-2)7-5-10;1-2-12(13)14-9-6-10-15-11-7-4-3-5-8-11;1-2-11(12)13-8-9-14-10-6-4-3-5-7-10;1-4-6-9(13-3)7-8-12-10(11)5-2;1-3-5-8-13-9-6-7-12-10(11)4-2;1-3-9(10)11-7-5-6-8-12-4-2;1-3-5-7-12-8-6-11-9(10)4-2/h2-7H,1,8-13H2;2-7H,1,8-11H2;3-7H,1,8-9H2,2H3;2-5,7-8H,1,6,9-10H2;2-7H,1,8-9H2;5,9H,2,4,6-8H2,1,3H3;4H,2-3,5-9H2,1H3;3H,1,4-8H2,2H3;4H,2-3,5-8H2,1H3. The van der Waals surface area contributed by atoms with Crippen molar-refractivity contribution in [3.63, 3.8) is 0 Å². The Balaban J connectivity index is -0.000000702. The molecule has 1 unspecified atom stereocenters. The molecule has 734 valence electrons. The molecule has 5 aromatic rings.